The Labute approximate surface area is 153 Å². The van der Waals surface area contributed by atoms with Gasteiger partial charge in [-0.25, -0.2) is 4.98 Å². The maximum Gasteiger partial charge on any atom is 0.248 e. The molecule has 1 aliphatic heterocycles. The van der Waals surface area contributed by atoms with E-state index in [1.807, 2.05) is 33.3 Å². The number of hydrogen-bond donors (Lipinski definition) is 0. The summed E-state index contributed by atoms with van der Waals surface area (Å²) < 4.78 is 5.67. The van der Waals surface area contributed by atoms with Crippen LogP contribution in [0.25, 0.3) is 11.5 Å². The number of likely N-dealkylation sites (tertiary alicyclic amines) is 1. The molecule has 130 valence electrons. The number of hydrogen-bond acceptors (Lipinski definition) is 7. The van der Waals surface area contributed by atoms with Crippen molar-refractivity contribution in [3.63, 3.8) is 0 Å². The van der Waals surface area contributed by atoms with Crippen molar-refractivity contribution in [1.82, 2.24) is 20.1 Å². The van der Waals surface area contributed by atoms with Crippen molar-refractivity contribution < 1.29 is 9.21 Å². The van der Waals surface area contributed by atoms with Crippen molar-refractivity contribution in [1.29, 1.82) is 0 Å². The first-order valence-corrected chi connectivity index (χ1v) is 10.2. The molecule has 0 bridgehead atoms. The molecule has 4 heterocycles. The number of thiophene rings is 1. The Balaban J connectivity index is 1.39. The third-order valence-electron chi connectivity index (χ3n) is 4.35. The summed E-state index contributed by atoms with van der Waals surface area (Å²) in [5.74, 6) is 1.16. The molecule has 0 aliphatic carbocycles. The van der Waals surface area contributed by atoms with E-state index < -0.39 is 0 Å². The van der Waals surface area contributed by atoms with Crippen LogP contribution in [0.5, 0.6) is 0 Å². The van der Waals surface area contributed by atoms with Gasteiger partial charge in [-0.05, 0) is 30.7 Å². The van der Waals surface area contributed by atoms with Crippen LogP contribution in [-0.2, 0) is 11.2 Å². The molecule has 8 heteroatoms. The topological polar surface area (TPSA) is 72.1 Å². The quantitative estimate of drug-likeness (QED) is 0.676. The number of carbonyl (C=O) groups excluding carboxylic acids is 1. The smallest absolute Gasteiger partial charge is 0.248 e. The van der Waals surface area contributed by atoms with Gasteiger partial charge in [0.25, 0.3) is 0 Å². The molecule has 0 N–H and O–H groups in total. The Morgan fingerprint density at radius 1 is 1.32 bits per heavy atom. The van der Waals surface area contributed by atoms with Crippen LogP contribution < -0.4 is 0 Å². The zero-order valence-corrected chi connectivity index (χ0v) is 15.3. The van der Waals surface area contributed by atoms with E-state index in [0.717, 1.165) is 36.4 Å². The zero-order chi connectivity index (χ0) is 17.1. The summed E-state index contributed by atoms with van der Waals surface area (Å²) in [6, 6.07) is 2.06. The maximum atomic E-state index is 12.7. The van der Waals surface area contributed by atoms with Gasteiger partial charge in [0.2, 0.25) is 17.7 Å². The number of piperidine rings is 1. The number of carbonyl (C=O) groups is 1. The first-order chi connectivity index (χ1) is 12.3. The minimum Gasteiger partial charge on any atom is -0.421 e. The van der Waals surface area contributed by atoms with Crippen molar-refractivity contribution in [2.24, 2.45) is 0 Å². The standard InChI is InChI=1S/C17H18N4O2S2/c22-15(21-8-2-1-3-13(21)17-18-7-10-25-17)5-4-14-19-20-16(23-14)12-6-9-24-11-12/h6-7,9-11,13H,1-5,8H2. The average Bonchev–Trinajstić information content (AvgIpc) is 3.41. The van der Waals surface area contributed by atoms with Crippen molar-refractivity contribution in [3.8, 4) is 11.5 Å². The molecule has 6 nitrogen and oxygen atoms in total. The van der Waals surface area contributed by atoms with Gasteiger partial charge in [0.1, 0.15) is 5.01 Å². The monoisotopic (exact) mass is 374 g/mol. The van der Waals surface area contributed by atoms with Crippen LogP contribution in [-0.4, -0.2) is 32.5 Å². The van der Waals surface area contributed by atoms with Gasteiger partial charge in [-0.3, -0.25) is 4.79 Å². The van der Waals surface area contributed by atoms with Crippen LogP contribution in [0.15, 0.2) is 32.8 Å². The highest BCUT2D eigenvalue weighted by Crippen LogP contribution is 2.32. The van der Waals surface area contributed by atoms with Crippen LogP contribution in [0.1, 0.15) is 42.6 Å². The fraction of sp³-hybridized carbons (Fsp3) is 0.412. The number of aryl methyl sites for hydroxylation is 1. The lowest BCUT2D eigenvalue weighted by Gasteiger charge is -2.34. The fourth-order valence-electron chi connectivity index (χ4n) is 3.10. The second-order valence-corrected chi connectivity index (χ2v) is 7.69. The van der Waals surface area contributed by atoms with Crippen molar-refractivity contribution in [2.45, 2.75) is 38.1 Å². The van der Waals surface area contributed by atoms with Gasteiger partial charge in [-0.1, -0.05) is 0 Å². The van der Waals surface area contributed by atoms with Gasteiger partial charge in [-0.2, -0.15) is 11.3 Å². The molecular weight excluding hydrogens is 356 g/mol. The van der Waals surface area contributed by atoms with E-state index in [-0.39, 0.29) is 11.9 Å². The highest BCUT2D eigenvalue weighted by molar-refractivity contribution is 7.09. The van der Waals surface area contributed by atoms with E-state index in [4.69, 9.17) is 4.42 Å². The van der Waals surface area contributed by atoms with Crippen LogP contribution in [0.4, 0.5) is 0 Å². The van der Waals surface area contributed by atoms with Gasteiger partial charge in [0, 0.05) is 41.9 Å². The molecular formula is C17H18N4O2S2. The molecule has 1 atom stereocenters. The summed E-state index contributed by atoms with van der Waals surface area (Å²) in [7, 11) is 0. The molecule has 1 saturated heterocycles. The second kappa shape index (κ2) is 7.45. The predicted molar refractivity (Wildman–Crippen MR) is 96.4 cm³/mol. The third kappa shape index (κ3) is 3.64. The number of aromatic nitrogens is 3. The normalized spacial score (nSPS) is 17.8. The maximum absolute atomic E-state index is 12.7. The summed E-state index contributed by atoms with van der Waals surface area (Å²) in [6.07, 6.45) is 5.84. The first kappa shape index (κ1) is 16.4. The Morgan fingerprint density at radius 2 is 2.28 bits per heavy atom. The van der Waals surface area contributed by atoms with Crippen LogP contribution in [0.3, 0.4) is 0 Å². The molecule has 1 amide bonds. The van der Waals surface area contributed by atoms with E-state index in [2.05, 4.69) is 15.2 Å². The summed E-state index contributed by atoms with van der Waals surface area (Å²) >= 11 is 3.21. The Bertz CT molecular complexity index is 814. The van der Waals surface area contributed by atoms with Crippen molar-refractivity contribution >= 4 is 28.6 Å². The van der Waals surface area contributed by atoms with Gasteiger partial charge in [0.05, 0.1) is 6.04 Å². The van der Waals surface area contributed by atoms with Crippen molar-refractivity contribution in [3.05, 3.63) is 39.3 Å². The molecule has 4 rings (SSSR count). The van der Waals surface area contributed by atoms with Gasteiger partial charge >= 0.3 is 0 Å². The largest absolute Gasteiger partial charge is 0.421 e. The highest BCUT2D eigenvalue weighted by Gasteiger charge is 2.29. The second-order valence-electron chi connectivity index (χ2n) is 5.98. The van der Waals surface area contributed by atoms with Crippen LogP contribution >= 0.6 is 22.7 Å². The fourth-order valence-corrected chi connectivity index (χ4v) is 4.52. The van der Waals surface area contributed by atoms with Gasteiger partial charge in [-0.15, -0.1) is 21.5 Å². The minimum absolute atomic E-state index is 0.116. The number of thiazole rings is 1. The summed E-state index contributed by atoms with van der Waals surface area (Å²) in [5.41, 5.74) is 0.926. The minimum atomic E-state index is 0.116. The van der Waals surface area contributed by atoms with Crippen LogP contribution in [0.2, 0.25) is 0 Å². The first-order valence-electron chi connectivity index (χ1n) is 8.35. The SMILES string of the molecule is O=C(CCc1nnc(-c2ccsc2)o1)N1CCCCC1c1nccs1. The lowest BCUT2D eigenvalue weighted by molar-refractivity contribution is -0.135. The van der Waals surface area contributed by atoms with Crippen molar-refractivity contribution in [2.75, 3.05) is 6.54 Å². The van der Waals surface area contributed by atoms with E-state index >= 15 is 0 Å². The molecule has 0 saturated carbocycles. The predicted octanol–water partition coefficient (Wildman–Crippen LogP) is 3.94. The van der Waals surface area contributed by atoms with E-state index in [0.29, 0.717) is 24.6 Å². The lowest BCUT2D eigenvalue weighted by Crippen LogP contribution is -2.38. The molecule has 3 aromatic rings. The average molecular weight is 374 g/mol. The lowest BCUT2D eigenvalue weighted by atomic mass is 10.0. The molecule has 0 radical (unpaired) electrons. The van der Waals surface area contributed by atoms with Crippen LogP contribution in [0, 0.1) is 0 Å². The third-order valence-corrected chi connectivity index (χ3v) is 5.91. The summed E-state index contributed by atoms with van der Waals surface area (Å²) in [5, 5.41) is 15.1. The van der Waals surface area contributed by atoms with Gasteiger partial charge < -0.3 is 9.32 Å². The van der Waals surface area contributed by atoms with E-state index in [1.54, 1.807) is 22.7 Å². The highest BCUT2D eigenvalue weighted by atomic mass is 32.1. The van der Waals surface area contributed by atoms with Gasteiger partial charge in [0.15, 0.2) is 0 Å². The Kier molecular flexibility index (Phi) is 4.89. The Hall–Kier alpha value is -2.06. The number of nitrogens with zero attached hydrogens (tertiary/aromatic N) is 4. The number of amides is 1. The molecule has 1 unspecified atom stereocenters. The molecule has 1 fully saturated rings. The van der Waals surface area contributed by atoms with E-state index in [1.165, 1.54) is 0 Å². The number of rotatable bonds is 5. The molecule has 3 aromatic heterocycles. The van der Waals surface area contributed by atoms with E-state index in [9.17, 15) is 4.79 Å². The summed E-state index contributed by atoms with van der Waals surface area (Å²) in [6.45, 7) is 0.799. The molecule has 0 spiro atoms. The molecule has 25 heavy (non-hydrogen) atoms. The summed E-state index contributed by atoms with van der Waals surface area (Å²) in [4.78, 5) is 19.1. The molecule has 0 aromatic carbocycles. The zero-order valence-electron chi connectivity index (χ0n) is 13.6. The Morgan fingerprint density at radius 3 is 3.08 bits per heavy atom. The molecule has 1 aliphatic rings.